The van der Waals surface area contributed by atoms with Crippen LogP contribution in [0.2, 0.25) is 0 Å². The minimum Gasteiger partial charge on any atom is -0.465 e. The first-order valence-electron chi connectivity index (χ1n) is 8.29. The van der Waals surface area contributed by atoms with Crippen molar-refractivity contribution in [2.75, 3.05) is 10.6 Å². The number of ether oxygens (including phenoxy) is 1. The number of amides is 2. The Hall–Kier alpha value is -4.13. The predicted octanol–water partition coefficient (Wildman–Crippen LogP) is 3.83. The normalized spacial score (nSPS) is 10.3. The smallest absolute Gasteiger partial charge is 0.412 e. The summed E-state index contributed by atoms with van der Waals surface area (Å²) in [5, 5.41) is 24.5. The maximum Gasteiger partial charge on any atom is 0.412 e. The molecule has 1 aromatic carbocycles. The number of hydrogen-bond donors (Lipinski definition) is 3. The Morgan fingerprint density at radius 3 is 2.52 bits per heavy atom. The minimum atomic E-state index is -1.25. The third-order valence-corrected chi connectivity index (χ3v) is 3.18. The molecule has 10 nitrogen and oxygen atoms in total. The van der Waals surface area contributed by atoms with Gasteiger partial charge in [-0.15, -0.1) is 0 Å². The van der Waals surface area contributed by atoms with Gasteiger partial charge in [0.1, 0.15) is 5.60 Å². The van der Waals surface area contributed by atoms with Gasteiger partial charge in [-0.3, -0.25) is 25.7 Å². The summed E-state index contributed by atoms with van der Waals surface area (Å²) in [6.07, 6.45) is 0.726. The summed E-state index contributed by atoms with van der Waals surface area (Å²) in [5.74, 6) is 5.48. The average molecular weight is 398 g/mol. The molecule has 0 aliphatic heterocycles. The third kappa shape index (κ3) is 6.84. The Bertz CT molecular complexity index is 1020. The van der Waals surface area contributed by atoms with Crippen LogP contribution in [0.5, 0.6) is 0 Å². The van der Waals surface area contributed by atoms with E-state index in [-0.39, 0.29) is 22.6 Å². The zero-order valence-corrected chi connectivity index (χ0v) is 15.8. The van der Waals surface area contributed by atoms with Crippen LogP contribution < -0.4 is 10.6 Å². The summed E-state index contributed by atoms with van der Waals surface area (Å²) in [6.45, 7) is 5.11. The first-order chi connectivity index (χ1) is 13.5. The van der Waals surface area contributed by atoms with E-state index in [1.165, 1.54) is 36.7 Å². The lowest BCUT2D eigenvalue weighted by Crippen LogP contribution is -2.27. The molecule has 0 atom stereocenters. The van der Waals surface area contributed by atoms with Crippen LogP contribution >= 0.6 is 0 Å². The highest BCUT2D eigenvalue weighted by Gasteiger charge is 2.18. The molecule has 10 heteroatoms. The Morgan fingerprint density at radius 1 is 1.17 bits per heavy atom. The van der Waals surface area contributed by atoms with Crippen molar-refractivity contribution in [1.82, 2.24) is 4.98 Å². The van der Waals surface area contributed by atoms with Gasteiger partial charge in [0.2, 0.25) is 0 Å². The zero-order chi connectivity index (χ0) is 21.6. The number of carboxylic acid groups (broad SMARTS) is 1. The van der Waals surface area contributed by atoms with Gasteiger partial charge in [0.25, 0.3) is 5.69 Å². The number of carbonyl (C=O) groups excluding carboxylic acids is 1. The maximum atomic E-state index is 12.0. The van der Waals surface area contributed by atoms with Crippen molar-refractivity contribution in [3.63, 3.8) is 0 Å². The molecular formula is C19H18N4O6. The fourth-order valence-electron chi connectivity index (χ4n) is 2.11. The van der Waals surface area contributed by atoms with E-state index in [0.29, 0.717) is 5.56 Å². The quantitative estimate of drug-likeness (QED) is 0.405. The second-order valence-corrected chi connectivity index (χ2v) is 6.76. The minimum absolute atomic E-state index is 0.182. The van der Waals surface area contributed by atoms with Crippen LogP contribution in [0, 0.1) is 22.0 Å². The van der Waals surface area contributed by atoms with E-state index in [1.54, 1.807) is 20.8 Å². The first kappa shape index (κ1) is 21.2. The van der Waals surface area contributed by atoms with Gasteiger partial charge in [-0.1, -0.05) is 11.8 Å². The summed E-state index contributed by atoms with van der Waals surface area (Å²) in [4.78, 5) is 37.1. The predicted molar refractivity (Wildman–Crippen MR) is 105 cm³/mol. The Balaban J connectivity index is 2.37. The largest absolute Gasteiger partial charge is 0.465 e. The third-order valence-electron chi connectivity index (χ3n) is 3.18. The van der Waals surface area contributed by atoms with E-state index in [2.05, 4.69) is 27.5 Å². The number of hydrogen-bond acceptors (Lipinski definition) is 6. The monoisotopic (exact) mass is 398 g/mol. The molecule has 0 aliphatic rings. The Labute approximate surface area is 166 Å². The SMILES string of the molecule is CC(C)(C)OC(=O)Nc1ccc([N+](=O)[O-])cc1C#Cc1cncc(NC(=O)O)c1. The molecule has 1 aromatic heterocycles. The molecule has 0 unspecified atom stereocenters. The van der Waals surface area contributed by atoms with Gasteiger partial charge in [-0.25, -0.2) is 9.59 Å². The summed E-state index contributed by atoms with van der Waals surface area (Å²) in [6, 6.07) is 5.25. The van der Waals surface area contributed by atoms with Crippen molar-refractivity contribution >= 4 is 29.2 Å². The molecule has 150 valence electrons. The van der Waals surface area contributed by atoms with Crippen molar-refractivity contribution in [3.8, 4) is 11.8 Å². The lowest BCUT2D eigenvalue weighted by atomic mass is 10.1. The first-order valence-corrected chi connectivity index (χ1v) is 8.29. The highest BCUT2D eigenvalue weighted by atomic mass is 16.6. The van der Waals surface area contributed by atoms with Crippen molar-refractivity contribution < 1.29 is 24.4 Å². The number of aromatic nitrogens is 1. The highest BCUT2D eigenvalue weighted by Crippen LogP contribution is 2.22. The molecule has 0 fully saturated rings. The lowest BCUT2D eigenvalue weighted by Gasteiger charge is -2.20. The molecule has 2 amide bonds. The molecule has 0 bridgehead atoms. The summed E-state index contributed by atoms with van der Waals surface area (Å²) >= 11 is 0. The number of nitro benzene ring substituents is 1. The van der Waals surface area contributed by atoms with Gasteiger partial charge >= 0.3 is 12.2 Å². The van der Waals surface area contributed by atoms with Gasteiger partial charge in [-0.05, 0) is 32.9 Å². The Kier molecular flexibility index (Phi) is 6.36. The molecule has 0 aliphatic carbocycles. The van der Waals surface area contributed by atoms with Crippen LogP contribution in [-0.4, -0.2) is 32.8 Å². The van der Waals surface area contributed by atoms with E-state index in [4.69, 9.17) is 9.84 Å². The van der Waals surface area contributed by atoms with Crippen LogP contribution in [0.1, 0.15) is 31.9 Å². The molecule has 0 saturated carbocycles. The number of nitrogens with one attached hydrogen (secondary N) is 2. The molecule has 0 saturated heterocycles. The molecular weight excluding hydrogens is 380 g/mol. The molecule has 29 heavy (non-hydrogen) atoms. The van der Waals surface area contributed by atoms with Gasteiger partial charge in [0.15, 0.2) is 0 Å². The van der Waals surface area contributed by atoms with E-state index < -0.39 is 22.7 Å². The van der Waals surface area contributed by atoms with Crippen molar-refractivity contribution in [2.45, 2.75) is 26.4 Å². The number of non-ortho nitro benzene ring substituents is 1. The topological polar surface area (TPSA) is 144 Å². The molecule has 0 spiro atoms. The molecule has 1 heterocycles. The van der Waals surface area contributed by atoms with Gasteiger partial charge in [0.05, 0.1) is 28.1 Å². The van der Waals surface area contributed by atoms with E-state index >= 15 is 0 Å². The van der Waals surface area contributed by atoms with E-state index in [0.717, 1.165) is 0 Å². The lowest BCUT2D eigenvalue weighted by molar-refractivity contribution is -0.384. The molecule has 0 radical (unpaired) electrons. The number of nitro groups is 1. The summed E-state index contributed by atoms with van der Waals surface area (Å²) in [7, 11) is 0. The summed E-state index contributed by atoms with van der Waals surface area (Å²) in [5.41, 5.74) is 0.0663. The van der Waals surface area contributed by atoms with Crippen molar-refractivity contribution in [2.24, 2.45) is 0 Å². The van der Waals surface area contributed by atoms with Crippen molar-refractivity contribution in [1.29, 1.82) is 0 Å². The summed E-state index contributed by atoms with van der Waals surface area (Å²) < 4.78 is 5.18. The zero-order valence-electron chi connectivity index (χ0n) is 15.8. The second-order valence-electron chi connectivity index (χ2n) is 6.76. The van der Waals surface area contributed by atoms with Gasteiger partial charge in [0, 0.05) is 23.9 Å². The average Bonchev–Trinajstić information content (AvgIpc) is 2.58. The Morgan fingerprint density at radius 2 is 1.90 bits per heavy atom. The van der Waals surface area contributed by atoms with E-state index in [1.807, 2.05) is 0 Å². The number of anilines is 2. The van der Waals surface area contributed by atoms with Crippen LogP contribution in [0.4, 0.5) is 26.7 Å². The number of benzene rings is 1. The molecule has 2 aromatic rings. The fourth-order valence-corrected chi connectivity index (χ4v) is 2.11. The number of rotatable bonds is 3. The van der Waals surface area contributed by atoms with Crippen LogP contribution in [-0.2, 0) is 4.74 Å². The molecule has 2 rings (SSSR count). The van der Waals surface area contributed by atoms with Crippen LogP contribution in [0.15, 0.2) is 36.7 Å². The highest BCUT2D eigenvalue weighted by molar-refractivity contribution is 5.87. The van der Waals surface area contributed by atoms with Crippen LogP contribution in [0.3, 0.4) is 0 Å². The van der Waals surface area contributed by atoms with E-state index in [9.17, 15) is 19.7 Å². The fraction of sp³-hybridized carbons (Fsp3) is 0.211. The number of carbonyl (C=O) groups is 2. The van der Waals surface area contributed by atoms with Crippen molar-refractivity contribution in [3.05, 3.63) is 57.9 Å². The number of pyridine rings is 1. The number of nitrogens with zero attached hydrogens (tertiary/aromatic N) is 2. The second kappa shape index (κ2) is 8.71. The van der Waals surface area contributed by atoms with Gasteiger partial charge < -0.3 is 9.84 Å². The molecule has 3 N–H and O–H groups in total. The van der Waals surface area contributed by atoms with Crippen LogP contribution in [0.25, 0.3) is 0 Å². The van der Waals surface area contributed by atoms with Gasteiger partial charge in [-0.2, -0.15) is 0 Å². The maximum absolute atomic E-state index is 12.0. The standard InChI is InChI=1S/C19H18N4O6/c1-19(2,3)29-18(26)22-16-7-6-15(23(27)28)9-13(16)5-4-12-8-14(11-20-10-12)21-17(24)25/h6-11,21H,1-3H3,(H,22,26)(H,24,25).